The fourth-order valence-corrected chi connectivity index (χ4v) is 4.65. The smallest absolute Gasteiger partial charge is 0.180 e. The summed E-state index contributed by atoms with van der Waals surface area (Å²) in [6.07, 6.45) is 6.39. The molecule has 1 aromatic heterocycles. The molecule has 2 rings (SSSR count). The van der Waals surface area contributed by atoms with Gasteiger partial charge in [0, 0.05) is 24.5 Å². The van der Waals surface area contributed by atoms with Gasteiger partial charge in [0.2, 0.25) is 0 Å². The Hall–Kier alpha value is -1.66. The molecule has 2 aromatic rings. The van der Waals surface area contributed by atoms with Crippen LogP contribution in [0.5, 0.6) is 0 Å². The van der Waals surface area contributed by atoms with Crippen LogP contribution in [0.2, 0.25) is 0 Å². The Labute approximate surface area is 157 Å². The Balaban J connectivity index is 1.93. The third-order valence-electron chi connectivity index (χ3n) is 4.39. The van der Waals surface area contributed by atoms with E-state index in [4.69, 9.17) is 0 Å². The van der Waals surface area contributed by atoms with Gasteiger partial charge in [0.05, 0.1) is 17.0 Å². The van der Waals surface area contributed by atoms with Crippen LogP contribution in [0.4, 0.5) is 0 Å². The Morgan fingerprint density at radius 2 is 1.73 bits per heavy atom. The van der Waals surface area contributed by atoms with E-state index in [2.05, 4.69) is 31.1 Å². The average molecular weight is 378 g/mol. The molecule has 144 valence electrons. The molecule has 0 radical (unpaired) electrons. The number of aromatic nitrogens is 2. The summed E-state index contributed by atoms with van der Waals surface area (Å²) in [5, 5.41) is 3.37. The number of rotatable bonds is 8. The van der Waals surface area contributed by atoms with Crippen LogP contribution in [0.15, 0.2) is 47.9 Å². The van der Waals surface area contributed by atoms with Crippen molar-refractivity contribution in [2.24, 2.45) is 0 Å². The molecule has 1 N–H and O–H groups in total. The summed E-state index contributed by atoms with van der Waals surface area (Å²) in [5.41, 5.74) is 0.655. The topological polar surface area (TPSA) is 64.0 Å². The summed E-state index contributed by atoms with van der Waals surface area (Å²) in [5.74, 6) is 0.0694. The van der Waals surface area contributed by atoms with E-state index < -0.39 is 15.4 Å². The highest BCUT2D eigenvalue weighted by molar-refractivity contribution is 7.91. The molecule has 26 heavy (non-hydrogen) atoms. The van der Waals surface area contributed by atoms with Crippen LogP contribution < -0.4 is 5.32 Å². The zero-order valence-corrected chi connectivity index (χ0v) is 17.3. The van der Waals surface area contributed by atoms with Gasteiger partial charge in [-0.1, -0.05) is 32.9 Å². The molecule has 0 saturated carbocycles. The fraction of sp³-hybridized carbons (Fsp3) is 0.550. The predicted molar refractivity (Wildman–Crippen MR) is 106 cm³/mol. The van der Waals surface area contributed by atoms with E-state index in [9.17, 15) is 8.42 Å². The molecule has 0 bridgehead atoms. The average Bonchev–Trinajstić information content (AvgIpc) is 3.03. The zero-order valence-electron chi connectivity index (χ0n) is 16.5. The predicted octanol–water partition coefficient (Wildman–Crippen LogP) is 3.41. The van der Waals surface area contributed by atoms with Crippen LogP contribution in [-0.2, 0) is 21.8 Å². The van der Waals surface area contributed by atoms with Crippen molar-refractivity contribution in [3.8, 4) is 0 Å². The van der Waals surface area contributed by atoms with Gasteiger partial charge in [-0.25, -0.2) is 13.4 Å². The second kappa shape index (κ2) is 7.92. The van der Waals surface area contributed by atoms with E-state index >= 15 is 0 Å². The van der Waals surface area contributed by atoms with Crippen molar-refractivity contribution >= 4 is 9.84 Å². The number of imidazole rings is 1. The van der Waals surface area contributed by atoms with E-state index in [0.717, 1.165) is 25.1 Å². The maximum Gasteiger partial charge on any atom is 0.180 e. The van der Waals surface area contributed by atoms with Crippen molar-refractivity contribution in [1.29, 1.82) is 0 Å². The highest BCUT2D eigenvalue weighted by atomic mass is 32.2. The van der Waals surface area contributed by atoms with Gasteiger partial charge in [0.25, 0.3) is 0 Å². The van der Waals surface area contributed by atoms with Crippen LogP contribution >= 0.6 is 0 Å². The molecule has 0 spiro atoms. The van der Waals surface area contributed by atoms with Crippen molar-refractivity contribution in [3.63, 3.8) is 0 Å². The largest absolute Gasteiger partial charge is 0.337 e. The van der Waals surface area contributed by atoms with Crippen LogP contribution in [-0.4, -0.2) is 35.8 Å². The first-order valence-electron chi connectivity index (χ1n) is 9.04. The number of nitrogens with one attached hydrogen (secondary N) is 1. The standard InChI is InChI=1S/C20H31N3O2S/c1-19(2,3)17-7-9-18(10-8-17)26(24,25)15-20(4,5)22-11-6-13-23-14-12-21-16-23/h7-10,12,14,16,22H,6,11,13,15H2,1-5H3. The molecule has 0 saturated heterocycles. The van der Waals surface area contributed by atoms with Gasteiger partial charge in [0.1, 0.15) is 0 Å². The Morgan fingerprint density at radius 3 is 2.27 bits per heavy atom. The first kappa shape index (κ1) is 20.6. The lowest BCUT2D eigenvalue weighted by Gasteiger charge is -2.26. The lowest BCUT2D eigenvalue weighted by Crippen LogP contribution is -2.45. The Kier molecular flexibility index (Phi) is 6.29. The molecule has 1 heterocycles. The SMILES string of the molecule is CC(C)(CS(=O)(=O)c1ccc(C(C)(C)C)cc1)NCCCn1ccnc1. The number of aryl methyl sites for hydroxylation is 1. The molecular formula is C20H31N3O2S. The van der Waals surface area contributed by atoms with E-state index in [1.54, 1.807) is 24.7 Å². The molecule has 0 unspecified atom stereocenters. The number of sulfone groups is 1. The van der Waals surface area contributed by atoms with Crippen LogP contribution in [0.25, 0.3) is 0 Å². The Morgan fingerprint density at radius 1 is 1.08 bits per heavy atom. The number of hydrogen-bond donors (Lipinski definition) is 1. The summed E-state index contributed by atoms with van der Waals surface area (Å²) in [6, 6.07) is 7.28. The monoisotopic (exact) mass is 377 g/mol. The number of benzene rings is 1. The summed E-state index contributed by atoms with van der Waals surface area (Å²) < 4.78 is 27.6. The third-order valence-corrected chi connectivity index (χ3v) is 6.48. The minimum Gasteiger partial charge on any atom is -0.337 e. The van der Waals surface area contributed by atoms with Crippen molar-refractivity contribution in [2.45, 2.75) is 63.4 Å². The van der Waals surface area contributed by atoms with E-state index in [1.165, 1.54) is 0 Å². The first-order chi connectivity index (χ1) is 12.0. The quantitative estimate of drug-likeness (QED) is 0.716. The van der Waals surface area contributed by atoms with Crippen molar-refractivity contribution < 1.29 is 8.42 Å². The van der Waals surface area contributed by atoms with Crippen molar-refractivity contribution in [2.75, 3.05) is 12.3 Å². The van der Waals surface area contributed by atoms with Gasteiger partial charge >= 0.3 is 0 Å². The molecule has 5 nitrogen and oxygen atoms in total. The van der Waals surface area contributed by atoms with Gasteiger partial charge < -0.3 is 9.88 Å². The molecule has 0 aliphatic rings. The maximum absolute atomic E-state index is 12.8. The van der Waals surface area contributed by atoms with Gasteiger partial charge in [-0.05, 0) is 49.9 Å². The van der Waals surface area contributed by atoms with Gasteiger partial charge in [0.15, 0.2) is 9.84 Å². The minimum atomic E-state index is -3.34. The molecule has 0 aliphatic heterocycles. The van der Waals surface area contributed by atoms with Crippen LogP contribution in [0.1, 0.15) is 46.6 Å². The fourth-order valence-electron chi connectivity index (χ4n) is 2.88. The lowest BCUT2D eigenvalue weighted by molar-refractivity contribution is 0.412. The highest BCUT2D eigenvalue weighted by Gasteiger charge is 2.27. The molecular weight excluding hydrogens is 346 g/mol. The Bertz CT molecular complexity index is 787. The minimum absolute atomic E-state index is 0.0123. The van der Waals surface area contributed by atoms with Crippen LogP contribution in [0.3, 0.4) is 0 Å². The van der Waals surface area contributed by atoms with Gasteiger partial charge in [-0.2, -0.15) is 0 Å². The van der Waals surface area contributed by atoms with E-state index in [0.29, 0.717) is 4.90 Å². The summed E-state index contributed by atoms with van der Waals surface area (Å²) in [6.45, 7) is 11.8. The molecule has 0 aliphatic carbocycles. The van der Waals surface area contributed by atoms with Crippen LogP contribution in [0, 0.1) is 0 Å². The number of nitrogens with zero attached hydrogens (tertiary/aromatic N) is 2. The second-order valence-electron chi connectivity index (χ2n) is 8.50. The molecule has 1 aromatic carbocycles. The van der Waals surface area contributed by atoms with E-state index in [1.807, 2.05) is 36.7 Å². The second-order valence-corrected chi connectivity index (χ2v) is 10.5. The lowest BCUT2D eigenvalue weighted by atomic mass is 9.87. The van der Waals surface area contributed by atoms with Crippen molar-refractivity contribution in [1.82, 2.24) is 14.9 Å². The van der Waals surface area contributed by atoms with Gasteiger partial charge in [-0.3, -0.25) is 0 Å². The third kappa shape index (κ3) is 5.95. The van der Waals surface area contributed by atoms with Gasteiger partial charge in [-0.15, -0.1) is 0 Å². The van der Waals surface area contributed by atoms with Crippen molar-refractivity contribution in [3.05, 3.63) is 48.5 Å². The summed E-state index contributed by atoms with van der Waals surface area (Å²) >= 11 is 0. The molecule has 6 heteroatoms. The maximum atomic E-state index is 12.8. The molecule has 0 amide bonds. The van der Waals surface area contributed by atoms with E-state index in [-0.39, 0.29) is 11.2 Å². The molecule has 0 fully saturated rings. The normalized spacial score (nSPS) is 13.1. The first-order valence-corrected chi connectivity index (χ1v) is 10.7. The zero-order chi connectivity index (χ0) is 19.4. The molecule has 0 atom stereocenters. The highest BCUT2D eigenvalue weighted by Crippen LogP contribution is 2.24. The number of hydrogen-bond acceptors (Lipinski definition) is 4. The summed E-state index contributed by atoms with van der Waals surface area (Å²) in [7, 11) is -3.34. The summed E-state index contributed by atoms with van der Waals surface area (Å²) in [4.78, 5) is 4.40.